The van der Waals surface area contributed by atoms with E-state index in [-0.39, 0.29) is 11.5 Å². The quantitative estimate of drug-likeness (QED) is 0.582. The average Bonchev–Trinajstić information content (AvgIpc) is 2.39. The number of aryl methyl sites for hydroxylation is 1. The lowest BCUT2D eigenvalue weighted by molar-refractivity contribution is 0.103. The van der Waals surface area contributed by atoms with E-state index in [4.69, 9.17) is 4.74 Å². The van der Waals surface area contributed by atoms with Gasteiger partial charge in [0.15, 0.2) is 17.3 Å². The molecule has 0 amide bonds. The molecule has 0 bridgehead atoms. The first-order chi connectivity index (χ1) is 7.63. The SMILES string of the molecule is C=C1CCCc2cc(O)c(OC)cc2C1=O. The molecule has 84 valence electrons. The average molecular weight is 218 g/mol. The van der Waals surface area contributed by atoms with Crippen LogP contribution < -0.4 is 4.74 Å². The summed E-state index contributed by atoms with van der Waals surface area (Å²) in [4.78, 5) is 12.0. The highest BCUT2D eigenvalue weighted by atomic mass is 16.5. The molecule has 2 rings (SSSR count). The van der Waals surface area contributed by atoms with E-state index in [1.807, 2.05) is 0 Å². The lowest BCUT2D eigenvalue weighted by atomic mass is 10.00. The Labute approximate surface area is 94.4 Å². The van der Waals surface area contributed by atoms with Gasteiger partial charge in [0.2, 0.25) is 0 Å². The molecule has 0 unspecified atom stereocenters. The van der Waals surface area contributed by atoms with Gasteiger partial charge in [-0.2, -0.15) is 0 Å². The predicted octanol–water partition coefficient (Wildman–Crippen LogP) is 2.48. The number of allylic oxidation sites excluding steroid dienone is 1. The Balaban J connectivity index is 2.57. The fourth-order valence-corrected chi connectivity index (χ4v) is 1.99. The molecule has 1 aromatic rings. The third-order valence-electron chi connectivity index (χ3n) is 2.90. The van der Waals surface area contributed by atoms with E-state index in [2.05, 4.69) is 6.58 Å². The van der Waals surface area contributed by atoms with Crippen LogP contribution in [0.3, 0.4) is 0 Å². The first-order valence-electron chi connectivity index (χ1n) is 5.26. The number of phenolic OH excluding ortho intramolecular Hbond substituents is 1. The Morgan fingerprint density at radius 1 is 1.38 bits per heavy atom. The highest BCUT2D eigenvalue weighted by Crippen LogP contribution is 2.33. The Hall–Kier alpha value is -1.77. The molecular weight excluding hydrogens is 204 g/mol. The summed E-state index contributed by atoms with van der Waals surface area (Å²) in [5, 5.41) is 9.65. The summed E-state index contributed by atoms with van der Waals surface area (Å²) < 4.78 is 5.00. The van der Waals surface area contributed by atoms with Gasteiger partial charge in [-0.05, 0) is 42.5 Å². The molecule has 16 heavy (non-hydrogen) atoms. The molecule has 0 aliphatic heterocycles. The predicted molar refractivity (Wildman–Crippen MR) is 61.1 cm³/mol. The van der Waals surface area contributed by atoms with Crippen LogP contribution in [0.5, 0.6) is 11.5 Å². The monoisotopic (exact) mass is 218 g/mol. The van der Waals surface area contributed by atoms with Crippen LogP contribution in [0, 0.1) is 0 Å². The van der Waals surface area contributed by atoms with Crippen molar-refractivity contribution >= 4 is 5.78 Å². The second kappa shape index (κ2) is 4.00. The molecule has 0 saturated carbocycles. The summed E-state index contributed by atoms with van der Waals surface area (Å²) in [6.45, 7) is 3.78. The first kappa shape index (κ1) is 10.7. The second-order valence-electron chi connectivity index (χ2n) is 3.97. The molecule has 1 aromatic carbocycles. The number of ketones is 1. The second-order valence-corrected chi connectivity index (χ2v) is 3.97. The van der Waals surface area contributed by atoms with Gasteiger partial charge in [-0.1, -0.05) is 6.58 Å². The third-order valence-corrected chi connectivity index (χ3v) is 2.90. The molecule has 0 radical (unpaired) electrons. The number of Topliss-reactive ketones (excluding diaryl/α,β-unsaturated/α-hetero) is 1. The number of hydrogen-bond donors (Lipinski definition) is 1. The number of carbonyl (C=O) groups excluding carboxylic acids is 1. The molecule has 1 N–H and O–H groups in total. The van der Waals surface area contributed by atoms with Crippen molar-refractivity contribution in [1.82, 2.24) is 0 Å². The van der Waals surface area contributed by atoms with Crippen LogP contribution in [-0.2, 0) is 6.42 Å². The molecule has 0 fully saturated rings. The zero-order chi connectivity index (χ0) is 11.7. The largest absolute Gasteiger partial charge is 0.504 e. The molecule has 1 aliphatic carbocycles. The topological polar surface area (TPSA) is 46.5 Å². The smallest absolute Gasteiger partial charge is 0.188 e. The molecule has 1 aliphatic rings. The van der Waals surface area contributed by atoms with Crippen molar-refractivity contribution in [3.05, 3.63) is 35.4 Å². The van der Waals surface area contributed by atoms with Gasteiger partial charge in [-0.3, -0.25) is 4.79 Å². The summed E-state index contributed by atoms with van der Waals surface area (Å²) in [6.07, 6.45) is 2.40. The van der Waals surface area contributed by atoms with Gasteiger partial charge in [0, 0.05) is 5.56 Å². The molecule has 0 saturated heterocycles. The number of phenols is 1. The number of aromatic hydroxyl groups is 1. The van der Waals surface area contributed by atoms with Crippen LogP contribution in [0.4, 0.5) is 0 Å². The lowest BCUT2D eigenvalue weighted by Crippen LogP contribution is -2.03. The molecule has 0 aromatic heterocycles. The molecule has 0 atom stereocenters. The molecule has 0 spiro atoms. The molecule has 0 heterocycles. The van der Waals surface area contributed by atoms with Crippen molar-refractivity contribution in [3.8, 4) is 11.5 Å². The van der Waals surface area contributed by atoms with E-state index >= 15 is 0 Å². The van der Waals surface area contributed by atoms with Crippen LogP contribution in [0.25, 0.3) is 0 Å². The Morgan fingerprint density at radius 3 is 2.81 bits per heavy atom. The summed E-state index contributed by atoms with van der Waals surface area (Å²) in [5.41, 5.74) is 2.12. The maximum absolute atomic E-state index is 12.0. The fraction of sp³-hybridized carbons (Fsp3) is 0.308. The van der Waals surface area contributed by atoms with E-state index in [0.29, 0.717) is 16.9 Å². The van der Waals surface area contributed by atoms with E-state index in [9.17, 15) is 9.90 Å². The first-order valence-corrected chi connectivity index (χ1v) is 5.26. The van der Waals surface area contributed by atoms with E-state index < -0.39 is 0 Å². The summed E-state index contributed by atoms with van der Waals surface area (Å²) >= 11 is 0. The van der Waals surface area contributed by atoms with Gasteiger partial charge < -0.3 is 9.84 Å². The van der Waals surface area contributed by atoms with Crippen LogP contribution in [0.1, 0.15) is 28.8 Å². The van der Waals surface area contributed by atoms with Gasteiger partial charge in [-0.15, -0.1) is 0 Å². The van der Waals surface area contributed by atoms with E-state index in [0.717, 1.165) is 24.8 Å². The maximum atomic E-state index is 12.0. The van der Waals surface area contributed by atoms with Crippen molar-refractivity contribution in [1.29, 1.82) is 0 Å². The van der Waals surface area contributed by atoms with Crippen LogP contribution in [0.15, 0.2) is 24.3 Å². The van der Waals surface area contributed by atoms with Gasteiger partial charge >= 0.3 is 0 Å². The number of fused-ring (bicyclic) bond motifs is 1. The van der Waals surface area contributed by atoms with Crippen molar-refractivity contribution in [2.45, 2.75) is 19.3 Å². The number of carbonyl (C=O) groups is 1. The van der Waals surface area contributed by atoms with E-state index in [1.54, 1.807) is 12.1 Å². The van der Waals surface area contributed by atoms with Crippen LogP contribution in [0.2, 0.25) is 0 Å². The number of hydrogen-bond acceptors (Lipinski definition) is 3. The minimum Gasteiger partial charge on any atom is -0.504 e. The summed E-state index contributed by atoms with van der Waals surface area (Å²) in [5.74, 6) is 0.383. The van der Waals surface area contributed by atoms with Gasteiger partial charge in [0.05, 0.1) is 7.11 Å². The minimum absolute atomic E-state index is 0.0363. The summed E-state index contributed by atoms with van der Waals surface area (Å²) in [6, 6.07) is 3.22. The van der Waals surface area contributed by atoms with E-state index in [1.165, 1.54) is 7.11 Å². The normalized spacial score (nSPS) is 15.6. The van der Waals surface area contributed by atoms with Crippen molar-refractivity contribution in [3.63, 3.8) is 0 Å². The number of methoxy groups -OCH3 is 1. The Kier molecular flexibility index (Phi) is 2.69. The van der Waals surface area contributed by atoms with Gasteiger partial charge in [0.25, 0.3) is 0 Å². The maximum Gasteiger partial charge on any atom is 0.188 e. The van der Waals surface area contributed by atoms with Crippen molar-refractivity contribution in [2.24, 2.45) is 0 Å². The fourth-order valence-electron chi connectivity index (χ4n) is 1.99. The zero-order valence-corrected chi connectivity index (χ0v) is 9.25. The molecule has 3 nitrogen and oxygen atoms in total. The summed E-state index contributed by atoms with van der Waals surface area (Å²) in [7, 11) is 1.47. The Bertz CT molecular complexity index is 460. The third kappa shape index (κ3) is 1.69. The highest BCUT2D eigenvalue weighted by Gasteiger charge is 2.20. The van der Waals surface area contributed by atoms with Crippen LogP contribution >= 0.6 is 0 Å². The Morgan fingerprint density at radius 2 is 2.12 bits per heavy atom. The number of benzene rings is 1. The molecule has 3 heteroatoms. The number of rotatable bonds is 1. The van der Waals surface area contributed by atoms with Crippen LogP contribution in [-0.4, -0.2) is 18.0 Å². The standard InChI is InChI=1S/C13H14O3/c1-8-4-3-5-9-6-11(14)12(16-2)7-10(9)13(8)15/h6-7,14H,1,3-5H2,2H3. The number of ether oxygens (including phenoxy) is 1. The van der Waals surface area contributed by atoms with Crippen molar-refractivity contribution in [2.75, 3.05) is 7.11 Å². The lowest BCUT2D eigenvalue weighted by Gasteiger charge is -2.09. The van der Waals surface area contributed by atoms with Gasteiger partial charge in [0.1, 0.15) is 0 Å². The van der Waals surface area contributed by atoms with Gasteiger partial charge in [-0.25, -0.2) is 0 Å². The molecular formula is C13H14O3. The zero-order valence-electron chi connectivity index (χ0n) is 9.25. The highest BCUT2D eigenvalue weighted by molar-refractivity contribution is 6.10. The minimum atomic E-state index is -0.0363. The van der Waals surface area contributed by atoms with Crippen molar-refractivity contribution < 1.29 is 14.6 Å².